The van der Waals surface area contributed by atoms with Crippen LogP contribution in [-0.4, -0.2) is 39.5 Å². The zero-order valence-electron chi connectivity index (χ0n) is 14.1. The number of alkyl halides is 3. The van der Waals surface area contributed by atoms with Crippen LogP contribution < -0.4 is 11.1 Å². The van der Waals surface area contributed by atoms with Gasteiger partial charge in [-0.1, -0.05) is 53.5 Å². The van der Waals surface area contributed by atoms with Gasteiger partial charge in [0.2, 0.25) is 5.91 Å². The zero-order chi connectivity index (χ0) is 20.0. The Morgan fingerprint density at radius 3 is 2.26 bits per heavy atom. The SMILES string of the molecule is NC(=O)Cc1ccc(-c2ccc(C(O)C(CF)NC(=O)C(Cl)Cl)cc2)cn1. The third-order valence-corrected chi connectivity index (χ3v) is 4.24. The molecule has 0 spiro atoms. The normalized spacial score (nSPS) is 13.2. The molecule has 0 bridgehead atoms. The molecule has 0 saturated carbocycles. The van der Waals surface area contributed by atoms with Gasteiger partial charge in [-0.15, -0.1) is 0 Å². The van der Waals surface area contributed by atoms with E-state index in [9.17, 15) is 19.1 Å². The van der Waals surface area contributed by atoms with Crippen LogP contribution in [0.3, 0.4) is 0 Å². The fraction of sp³-hybridized carbons (Fsp3) is 0.278. The summed E-state index contributed by atoms with van der Waals surface area (Å²) in [6.45, 7) is -0.986. The van der Waals surface area contributed by atoms with E-state index in [-0.39, 0.29) is 6.42 Å². The Hall–Kier alpha value is -2.22. The number of nitrogens with zero attached hydrogens (tertiary/aromatic N) is 1. The molecule has 27 heavy (non-hydrogen) atoms. The first-order chi connectivity index (χ1) is 12.8. The third-order valence-electron chi connectivity index (χ3n) is 3.84. The number of pyridine rings is 1. The van der Waals surface area contributed by atoms with Crippen LogP contribution in [0.4, 0.5) is 4.39 Å². The Kier molecular flexibility index (Phi) is 7.53. The van der Waals surface area contributed by atoms with Gasteiger partial charge in [0.25, 0.3) is 5.91 Å². The van der Waals surface area contributed by atoms with Crippen molar-refractivity contribution in [2.75, 3.05) is 6.67 Å². The zero-order valence-corrected chi connectivity index (χ0v) is 15.6. The van der Waals surface area contributed by atoms with Gasteiger partial charge in [0, 0.05) is 17.5 Å². The maximum absolute atomic E-state index is 13.2. The molecule has 0 aliphatic heterocycles. The number of primary amides is 1. The van der Waals surface area contributed by atoms with Crippen LogP contribution in [-0.2, 0) is 16.0 Å². The van der Waals surface area contributed by atoms with Crippen LogP contribution in [0.1, 0.15) is 17.4 Å². The van der Waals surface area contributed by atoms with Crippen LogP contribution >= 0.6 is 23.2 Å². The van der Waals surface area contributed by atoms with Gasteiger partial charge in [-0.25, -0.2) is 4.39 Å². The van der Waals surface area contributed by atoms with Gasteiger partial charge in [-0.2, -0.15) is 0 Å². The minimum atomic E-state index is -1.35. The van der Waals surface area contributed by atoms with E-state index < -0.39 is 35.5 Å². The smallest absolute Gasteiger partial charge is 0.253 e. The number of hydrogen-bond acceptors (Lipinski definition) is 4. The molecule has 4 N–H and O–H groups in total. The highest BCUT2D eigenvalue weighted by Gasteiger charge is 2.25. The molecular weight excluding hydrogens is 396 g/mol. The number of benzene rings is 1. The fourth-order valence-electron chi connectivity index (χ4n) is 2.43. The van der Waals surface area contributed by atoms with E-state index >= 15 is 0 Å². The Morgan fingerprint density at radius 2 is 1.78 bits per heavy atom. The van der Waals surface area contributed by atoms with Crippen molar-refractivity contribution < 1.29 is 19.1 Å². The van der Waals surface area contributed by atoms with Gasteiger partial charge >= 0.3 is 0 Å². The molecule has 0 fully saturated rings. The molecule has 1 aromatic heterocycles. The number of amides is 2. The summed E-state index contributed by atoms with van der Waals surface area (Å²) in [6.07, 6.45) is 0.402. The fourth-order valence-corrected chi connectivity index (χ4v) is 2.56. The van der Waals surface area contributed by atoms with Crippen molar-refractivity contribution in [3.8, 4) is 11.1 Å². The van der Waals surface area contributed by atoms with Crippen LogP contribution in [0, 0.1) is 0 Å². The predicted molar refractivity (Wildman–Crippen MR) is 101 cm³/mol. The minimum Gasteiger partial charge on any atom is -0.386 e. The summed E-state index contributed by atoms with van der Waals surface area (Å²) in [4.78, 5) is 25.2. The van der Waals surface area contributed by atoms with Crippen molar-refractivity contribution in [3.63, 3.8) is 0 Å². The van der Waals surface area contributed by atoms with Gasteiger partial charge in [-0.05, 0) is 17.2 Å². The number of aliphatic hydroxyl groups is 1. The average molecular weight is 414 g/mol. The van der Waals surface area contributed by atoms with Crippen molar-refractivity contribution in [2.24, 2.45) is 5.73 Å². The summed E-state index contributed by atoms with van der Waals surface area (Å²) >= 11 is 10.9. The van der Waals surface area contributed by atoms with E-state index in [0.29, 0.717) is 11.3 Å². The number of nitrogens with one attached hydrogen (secondary N) is 1. The standard InChI is InChI=1S/C18H18Cl2FN3O3/c19-17(20)18(27)24-14(8-21)16(26)11-3-1-10(2-4-11)12-5-6-13(23-9-12)7-15(22)25/h1-6,9,14,16-17,26H,7-8H2,(H2,22,25)(H,24,27). The predicted octanol–water partition coefficient (Wildman–Crippen LogP) is 2.07. The van der Waals surface area contributed by atoms with Crippen molar-refractivity contribution in [1.82, 2.24) is 10.3 Å². The van der Waals surface area contributed by atoms with Crippen molar-refractivity contribution in [1.29, 1.82) is 0 Å². The lowest BCUT2D eigenvalue weighted by molar-refractivity contribution is -0.121. The molecule has 2 aromatic rings. The minimum absolute atomic E-state index is 0.0627. The quantitative estimate of drug-likeness (QED) is 0.575. The molecule has 2 amide bonds. The number of halogens is 3. The highest BCUT2D eigenvalue weighted by Crippen LogP contribution is 2.24. The number of nitrogens with two attached hydrogens (primary N) is 1. The first-order valence-corrected chi connectivity index (χ1v) is 8.85. The number of carbonyl (C=O) groups excluding carboxylic acids is 2. The summed E-state index contributed by atoms with van der Waals surface area (Å²) in [5.41, 5.74) is 7.72. The summed E-state index contributed by atoms with van der Waals surface area (Å²) in [6, 6.07) is 9.02. The molecule has 2 atom stereocenters. The molecule has 0 aliphatic carbocycles. The highest BCUT2D eigenvalue weighted by molar-refractivity contribution is 6.53. The lowest BCUT2D eigenvalue weighted by atomic mass is 9.99. The first kappa shape index (κ1) is 21.1. The third kappa shape index (κ3) is 5.89. The summed E-state index contributed by atoms with van der Waals surface area (Å²) < 4.78 is 13.2. The molecule has 2 unspecified atom stereocenters. The van der Waals surface area contributed by atoms with Gasteiger partial charge in [0.15, 0.2) is 4.84 Å². The van der Waals surface area contributed by atoms with Crippen LogP contribution in [0.2, 0.25) is 0 Å². The lowest BCUT2D eigenvalue weighted by Gasteiger charge is -2.22. The average Bonchev–Trinajstić information content (AvgIpc) is 2.65. The van der Waals surface area contributed by atoms with Gasteiger partial charge in [0.05, 0.1) is 12.5 Å². The molecular formula is C18H18Cl2FN3O3. The Morgan fingerprint density at radius 1 is 1.15 bits per heavy atom. The van der Waals surface area contributed by atoms with E-state index in [0.717, 1.165) is 11.1 Å². The van der Waals surface area contributed by atoms with Crippen LogP contribution in [0.15, 0.2) is 42.6 Å². The molecule has 0 radical (unpaired) electrons. The van der Waals surface area contributed by atoms with Gasteiger partial charge in [-0.3, -0.25) is 14.6 Å². The van der Waals surface area contributed by atoms with E-state index in [4.69, 9.17) is 28.9 Å². The maximum atomic E-state index is 13.2. The second-order valence-corrected chi connectivity index (χ2v) is 6.91. The Labute approximate surface area is 165 Å². The number of aliphatic hydroxyl groups excluding tert-OH is 1. The van der Waals surface area contributed by atoms with E-state index in [1.165, 1.54) is 0 Å². The number of hydrogen-bond donors (Lipinski definition) is 3. The van der Waals surface area contributed by atoms with E-state index in [1.807, 2.05) is 0 Å². The summed E-state index contributed by atoms with van der Waals surface area (Å²) in [5.74, 6) is -1.24. The molecule has 2 rings (SSSR count). The number of aromatic nitrogens is 1. The maximum Gasteiger partial charge on any atom is 0.253 e. The lowest BCUT2D eigenvalue weighted by Crippen LogP contribution is -2.43. The number of rotatable bonds is 8. The topological polar surface area (TPSA) is 105 Å². The van der Waals surface area contributed by atoms with Crippen LogP contribution in [0.5, 0.6) is 0 Å². The second-order valence-electron chi connectivity index (χ2n) is 5.82. The van der Waals surface area contributed by atoms with E-state index in [2.05, 4.69) is 10.3 Å². The molecule has 6 nitrogen and oxygen atoms in total. The molecule has 9 heteroatoms. The molecule has 1 aromatic carbocycles. The highest BCUT2D eigenvalue weighted by atomic mass is 35.5. The molecule has 1 heterocycles. The number of carbonyl (C=O) groups is 2. The Balaban J connectivity index is 2.11. The summed E-state index contributed by atoms with van der Waals surface area (Å²) in [5, 5.41) is 12.6. The van der Waals surface area contributed by atoms with E-state index in [1.54, 1.807) is 42.6 Å². The van der Waals surface area contributed by atoms with Crippen molar-refractivity contribution >= 4 is 35.0 Å². The first-order valence-electron chi connectivity index (χ1n) is 7.98. The summed E-state index contributed by atoms with van der Waals surface area (Å²) in [7, 11) is 0. The van der Waals surface area contributed by atoms with Crippen LogP contribution in [0.25, 0.3) is 11.1 Å². The van der Waals surface area contributed by atoms with Gasteiger partial charge in [0.1, 0.15) is 12.8 Å². The Bertz CT molecular complexity index is 785. The molecule has 0 saturated heterocycles. The van der Waals surface area contributed by atoms with Crippen molar-refractivity contribution in [2.45, 2.75) is 23.4 Å². The second kappa shape index (κ2) is 9.64. The molecule has 0 aliphatic rings. The van der Waals surface area contributed by atoms with Gasteiger partial charge < -0.3 is 16.2 Å². The van der Waals surface area contributed by atoms with Crippen molar-refractivity contribution in [3.05, 3.63) is 53.9 Å². The largest absolute Gasteiger partial charge is 0.386 e. The monoisotopic (exact) mass is 413 g/mol. The molecule has 144 valence electrons.